The Balaban J connectivity index is 1.56. The van der Waals surface area contributed by atoms with Gasteiger partial charge in [-0.25, -0.2) is 0 Å². The number of hydrogen-bond acceptors (Lipinski definition) is 1. The molecule has 4 rings (SSSR count). The lowest BCUT2D eigenvalue weighted by Crippen LogP contribution is -2.18. The van der Waals surface area contributed by atoms with Gasteiger partial charge < -0.3 is 5.32 Å². The molecule has 0 saturated heterocycles. The monoisotopic (exact) mass is 355 g/mol. The van der Waals surface area contributed by atoms with E-state index in [2.05, 4.69) is 41.7 Å². The number of anilines is 1. The van der Waals surface area contributed by atoms with Crippen molar-refractivity contribution in [1.29, 1.82) is 0 Å². The fourth-order valence-corrected chi connectivity index (χ4v) is 4.08. The van der Waals surface area contributed by atoms with E-state index in [1.807, 2.05) is 42.5 Å². The Hall–Kier alpha value is -2.87. The molecule has 0 atom stereocenters. The second-order valence-corrected chi connectivity index (χ2v) is 7.28. The fraction of sp³-hybridized carbons (Fsp3) is 0.240. The van der Waals surface area contributed by atoms with Crippen molar-refractivity contribution >= 4 is 11.6 Å². The minimum Gasteiger partial charge on any atom is -0.326 e. The third-order valence-corrected chi connectivity index (χ3v) is 5.46. The number of hydrogen-bond donors (Lipinski definition) is 1. The molecule has 1 aliphatic carbocycles. The maximum absolute atomic E-state index is 12.9. The summed E-state index contributed by atoms with van der Waals surface area (Å²) in [6.45, 7) is 0. The van der Waals surface area contributed by atoms with Gasteiger partial charge in [-0.15, -0.1) is 0 Å². The number of carbonyl (C=O) groups is 1. The highest BCUT2D eigenvalue weighted by atomic mass is 16.1. The van der Waals surface area contributed by atoms with Crippen molar-refractivity contribution in [3.63, 3.8) is 0 Å². The van der Waals surface area contributed by atoms with Gasteiger partial charge >= 0.3 is 0 Å². The topological polar surface area (TPSA) is 29.1 Å². The molecule has 0 saturated carbocycles. The molecule has 3 aromatic rings. The van der Waals surface area contributed by atoms with Crippen molar-refractivity contribution in [3.8, 4) is 0 Å². The molecule has 2 nitrogen and oxygen atoms in total. The lowest BCUT2D eigenvalue weighted by molar-refractivity contribution is -0.116. The van der Waals surface area contributed by atoms with Crippen LogP contribution in [-0.4, -0.2) is 5.91 Å². The van der Waals surface area contributed by atoms with E-state index in [0.29, 0.717) is 6.42 Å². The zero-order valence-electron chi connectivity index (χ0n) is 15.5. The first-order chi connectivity index (χ1) is 13.3. The summed E-state index contributed by atoms with van der Waals surface area (Å²) in [4.78, 5) is 12.9. The first-order valence-electron chi connectivity index (χ1n) is 9.82. The largest absolute Gasteiger partial charge is 0.326 e. The van der Waals surface area contributed by atoms with Gasteiger partial charge in [-0.05, 0) is 54.0 Å². The Morgan fingerprint density at radius 1 is 0.778 bits per heavy atom. The minimum absolute atomic E-state index is 0.0620. The summed E-state index contributed by atoms with van der Waals surface area (Å²) in [6, 6.07) is 26.9. The SMILES string of the molecule is O=C(CC(c1ccccc1)c1ccccc1)Nc1cccc2c1CCCC2. The van der Waals surface area contributed by atoms with E-state index in [0.717, 1.165) is 18.5 Å². The minimum atomic E-state index is 0.0620. The van der Waals surface area contributed by atoms with Crippen molar-refractivity contribution in [1.82, 2.24) is 0 Å². The maximum Gasteiger partial charge on any atom is 0.225 e. The molecule has 27 heavy (non-hydrogen) atoms. The number of aryl methyl sites for hydroxylation is 1. The van der Waals surface area contributed by atoms with Gasteiger partial charge in [0.25, 0.3) is 0 Å². The van der Waals surface area contributed by atoms with Crippen molar-refractivity contribution in [3.05, 3.63) is 101 Å². The van der Waals surface area contributed by atoms with Gasteiger partial charge in [0.2, 0.25) is 5.91 Å². The third kappa shape index (κ3) is 4.11. The highest BCUT2D eigenvalue weighted by Crippen LogP contribution is 2.31. The van der Waals surface area contributed by atoms with Crippen LogP contribution in [0.2, 0.25) is 0 Å². The summed E-state index contributed by atoms with van der Waals surface area (Å²) in [5.74, 6) is 0.138. The zero-order valence-corrected chi connectivity index (χ0v) is 15.5. The van der Waals surface area contributed by atoms with Gasteiger partial charge in [0.15, 0.2) is 0 Å². The third-order valence-electron chi connectivity index (χ3n) is 5.46. The van der Waals surface area contributed by atoms with Crippen LogP contribution in [-0.2, 0) is 17.6 Å². The summed E-state index contributed by atoms with van der Waals surface area (Å²) in [5, 5.41) is 3.20. The number of rotatable bonds is 5. The Morgan fingerprint density at radius 2 is 1.41 bits per heavy atom. The zero-order chi connectivity index (χ0) is 18.5. The summed E-state index contributed by atoms with van der Waals surface area (Å²) in [5.41, 5.74) is 6.06. The van der Waals surface area contributed by atoms with Crippen molar-refractivity contribution < 1.29 is 4.79 Å². The van der Waals surface area contributed by atoms with E-state index in [1.165, 1.54) is 35.1 Å². The van der Waals surface area contributed by atoms with Crippen LogP contribution in [0.15, 0.2) is 78.9 Å². The number of nitrogens with one attached hydrogen (secondary N) is 1. The molecule has 136 valence electrons. The van der Waals surface area contributed by atoms with Crippen molar-refractivity contribution in [2.75, 3.05) is 5.32 Å². The Morgan fingerprint density at radius 3 is 2.07 bits per heavy atom. The number of benzene rings is 3. The predicted octanol–water partition coefficient (Wildman–Crippen LogP) is 5.73. The lowest BCUT2D eigenvalue weighted by Gasteiger charge is -2.21. The lowest BCUT2D eigenvalue weighted by atomic mass is 9.88. The van der Waals surface area contributed by atoms with E-state index in [-0.39, 0.29) is 11.8 Å². The van der Waals surface area contributed by atoms with Gasteiger partial charge in [-0.2, -0.15) is 0 Å². The van der Waals surface area contributed by atoms with Crippen LogP contribution < -0.4 is 5.32 Å². The number of carbonyl (C=O) groups excluding carboxylic acids is 1. The van der Waals surface area contributed by atoms with Crippen LogP contribution in [0, 0.1) is 0 Å². The summed E-state index contributed by atoms with van der Waals surface area (Å²) in [6.07, 6.45) is 5.07. The van der Waals surface area contributed by atoms with Crippen molar-refractivity contribution in [2.24, 2.45) is 0 Å². The van der Waals surface area contributed by atoms with Crippen molar-refractivity contribution in [2.45, 2.75) is 38.0 Å². The van der Waals surface area contributed by atoms with E-state index < -0.39 is 0 Å². The second-order valence-electron chi connectivity index (χ2n) is 7.28. The first kappa shape index (κ1) is 17.5. The molecule has 3 aromatic carbocycles. The van der Waals surface area contributed by atoms with Gasteiger partial charge in [0.1, 0.15) is 0 Å². The van der Waals surface area contributed by atoms with E-state index in [1.54, 1.807) is 0 Å². The van der Waals surface area contributed by atoms with Gasteiger partial charge in [-0.1, -0.05) is 72.8 Å². The van der Waals surface area contributed by atoms with Crippen LogP contribution in [0.1, 0.15) is 47.4 Å². The van der Waals surface area contributed by atoms with E-state index >= 15 is 0 Å². The summed E-state index contributed by atoms with van der Waals surface area (Å²) in [7, 11) is 0. The Kier molecular flexibility index (Phi) is 5.34. The number of amides is 1. The second kappa shape index (κ2) is 8.22. The van der Waals surface area contributed by atoms with Gasteiger partial charge in [0.05, 0.1) is 0 Å². The first-order valence-corrected chi connectivity index (χ1v) is 9.82. The summed E-state index contributed by atoms with van der Waals surface area (Å²) < 4.78 is 0. The molecule has 0 unspecified atom stereocenters. The molecule has 1 aliphatic rings. The molecule has 1 N–H and O–H groups in total. The van der Waals surface area contributed by atoms with Crippen LogP contribution in [0.3, 0.4) is 0 Å². The Labute approximate surface area is 161 Å². The Bertz CT molecular complexity index is 863. The van der Waals surface area contributed by atoms with E-state index in [4.69, 9.17) is 0 Å². The molecule has 0 radical (unpaired) electrons. The molecular formula is C25H25NO. The fourth-order valence-electron chi connectivity index (χ4n) is 4.08. The summed E-state index contributed by atoms with van der Waals surface area (Å²) >= 11 is 0. The van der Waals surface area contributed by atoms with Crippen LogP contribution in [0.5, 0.6) is 0 Å². The smallest absolute Gasteiger partial charge is 0.225 e. The molecule has 0 spiro atoms. The highest BCUT2D eigenvalue weighted by molar-refractivity contribution is 5.92. The molecule has 0 aromatic heterocycles. The average Bonchev–Trinajstić information content (AvgIpc) is 2.73. The standard InChI is InChI=1S/C25H25NO/c27-25(26-24-17-9-15-19-14-7-8-16-22(19)24)18-23(20-10-3-1-4-11-20)21-12-5-2-6-13-21/h1-6,9-13,15,17,23H,7-8,14,16,18H2,(H,26,27). The van der Waals surface area contributed by atoms with Gasteiger partial charge in [-0.3, -0.25) is 4.79 Å². The maximum atomic E-state index is 12.9. The quantitative estimate of drug-likeness (QED) is 0.622. The molecule has 1 amide bonds. The van der Waals surface area contributed by atoms with Crippen LogP contribution in [0.25, 0.3) is 0 Å². The van der Waals surface area contributed by atoms with E-state index in [9.17, 15) is 4.79 Å². The van der Waals surface area contributed by atoms with Crippen LogP contribution >= 0.6 is 0 Å². The normalized spacial score (nSPS) is 13.2. The molecule has 0 heterocycles. The molecule has 2 heteroatoms. The van der Waals surface area contributed by atoms with Crippen LogP contribution in [0.4, 0.5) is 5.69 Å². The van der Waals surface area contributed by atoms with Gasteiger partial charge in [0, 0.05) is 18.0 Å². The number of fused-ring (bicyclic) bond motifs is 1. The highest BCUT2D eigenvalue weighted by Gasteiger charge is 2.20. The molecule has 0 aliphatic heterocycles. The molecule has 0 fully saturated rings. The predicted molar refractivity (Wildman–Crippen MR) is 111 cm³/mol. The molecular weight excluding hydrogens is 330 g/mol. The molecule has 0 bridgehead atoms. The average molecular weight is 355 g/mol.